The zero-order valence-electron chi connectivity index (χ0n) is 19.8. The van der Waals surface area contributed by atoms with Crippen molar-refractivity contribution >= 4 is 11.8 Å². The SMILES string of the molecule is CC.COc1ccc(CC(NC(=O)CCOC(C)(C)C)C(=O)N2CCCC2C)cc1. The zero-order valence-corrected chi connectivity index (χ0v) is 19.8. The van der Waals surface area contributed by atoms with Crippen molar-refractivity contribution in [3.8, 4) is 5.75 Å². The largest absolute Gasteiger partial charge is 0.497 e. The van der Waals surface area contributed by atoms with Gasteiger partial charge in [-0.05, 0) is 58.2 Å². The molecular formula is C24H40N2O4. The lowest BCUT2D eigenvalue weighted by Gasteiger charge is -2.28. The van der Waals surface area contributed by atoms with Crippen molar-refractivity contribution in [2.24, 2.45) is 0 Å². The number of rotatable bonds is 8. The molecule has 0 bridgehead atoms. The van der Waals surface area contributed by atoms with Crippen molar-refractivity contribution in [2.75, 3.05) is 20.3 Å². The van der Waals surface area contributed by atoms with Gasteiger partial charge in [-0.3, -0.25) is 9.59 Å². The fourth-order valence-electron chi connectivity index (χ4n) is 3.37. The van der Waals surface area contributed by atoms with Gasteiger partial charge >= 0.3 is 0 Å². The average Bonchev–Trinajstić information content (AvgIpc) is 3.14. The number of methoxy groups -OCH3 is 1. The molecule has 6 nitrogen and oxygen atoms in total. The molecule has 1 aliphatic heterocycles. The molecule has 2 rings (SSSR count). The Morgan fingerprint density at radius 2 is 1.83 bits per heavy atom. The Morgan fingerprint density at radius 1 is 1.20 bits per heavy atom. The quantitative estimate of drug-likeness (QED) is 0.691. The van der Waals surface area contributed by atoms with Gasteiger partial charge in [-0.25, -0.2) is 0 Å². The molecule has 1 aromatic rings. The summed E-state index contributed by atoms with van der Waals surface area (Å²) in [6.45, 7) is 13.0. The normalized spacial score (nSPS) is 17.0. The summed E-state index contributed by atoms with van der Waals surface area (Å²) in [6, 6.07) is 7.24. The summed E-state index contributed by atoms with van der Waals surface area (Å²) in [5.74, 6) is 0.594. The Bertz CT molecular complexity index is 652. The van der Waals surface area contributed by atoms with E-state index in [0.717, 1.165) is 30.7 Å². The van der Waals surface area contributed by atoms with Crippen LogP contribution >= 0.6 is 0 Å². The third-order valence-corrected chi connectivity index (χ3v) is 4.93. The lowest BCUT2D eigenvalue weighted by atomic mass is 10.0. The van der Waals surface area contributed by atoms with E-state index >= 15 is 0 Å². The molecule has 2 amide bonds. The molecule has 2 atom stereocenters. The maximum absolute atomic E-state index is 13.1. The van der Waals surface area contributed by atoms with E-state index in [1.807, 2.05) is 63.8 Å². The van der Waals surface area contributed by atoms with Crippen LogP contribution in [-0.2, 0) is 20.7 Å². The van der Waals surface area contributed by atoms with E-state index in [2.05, 4.69) is 12.2 Å². The molecule has 30 heavy (non-hydrogen) atoms. The minimum atomic E-state index is -0.573. The number of ether oxygens (including phenoxy) is 2. The second-order valence-corrected chi connectivity index (χ2v) is 8.41. The Kier molecular flexibility index (Phi) is 10.9. The number of carbonyl (C=O) groups is 2. The first-order valence-corrected chi connectivity index (χ1v) is 11.1. The second kappa shape index (κ2) is 12.6. The molecule has 0 saturated carbocycles. The number of amides is 2. The molecule has 6 heteroatoms. The smallest absolute Gasteiger partial charge is 0.245 e. The van der Waals surface area contributed by atoms with Gasteiger partial charge in [0.05, 0.1) is 25.7 Å². The van der Waals surface area contributed by atoms with Gasteiger partial charge in [-0.1, -0.05) is 26.0 Å². The van der Waals surface area contributed by atoms with E-state index in [0.29, 0.717) is 13.0 Å². The van der Waals surface area contributed by atoms with Crippen LogP contribution in [0.5, 0.6) is 5.75 Å². The molecular weight excluding hydrogens is 380 g/mol. The number of hydrogen-bond donors (Lipinski definition) is 1. The summed E-state index contributed by atoms with van der Waals surface area (Å²) in [7, 11) is 1.62. The van der Waals surface area contributed by atoms with Crippen LogP contribution in [0.2, 0.25) is 0 Å². The van der Waals surface area contributed by atoms with Gasteiger partial charge in [0.15, 0.2) is 0 Å². The summed E-state index contributed by atoms with van der Waals surface area (Å²) in [4.78, 5) is 27.4. The Hall–Kier alpha value is -2.08. The standard InChI is InChI=1S/C22H34N2O4.C2H6/c1-16-7-6-13-24(16)21(26)19(15-17-8-10-18(27-5)11-9-17)23-20(25)12-14-28-22(2,3)4;1-2/h8-11,16,19H,6-7,12-15H2,1-5H3,(H,23,25);1-2H3. The minimum absolute atomic E-state index is 0.00842. The first kappa shape index (κ1) is 26.0. The van der Waals surface area contributed by atoms with Gasteiger partial charge in [0.1, 0.15) is 11.8 Å². The average molecular weight is 421 g/mol. The third kappa shape index (κ3) is 8.74. The molecule has 1 aromatic carbocycles. The maximum Gasteiger partial charge on any atom is 0.245 e. The van der Waals surface area contributed by atoms with Crippen LogP contribution in [0.15, 0.2) is 24.3 Å². The lowest BCUT2D eigenvalue weighted by molar-refractivity contribution is -0.137. The van der Waals surface area contributed by atoms with Crippen LogP contribution in [0, 0.1) is 0 Å². The van der Waals surface area contributed by atoms with Crippen molar-refractivity contribution in [3.05, 3.63) is 29.8 Å². The molecule has 1 fully saturated rings. The zero-order chi connectivity index (χ0) is 22.7. The van der Waals surface area contributed by atoms with E-state index in [1.165, 1.54) is 0 Å². The highest BCUT2D eigenvalue weighted by atomic mass is 16.5. The van der Waals surface area contributed by atoms with Gasteiger partial charge < -0.3 is 19.7 Å². The van der Waals surface area contributed by atoms with Crippen LogP contribution in [0.25, 0.3) is 0 Å². The molecule has 1 saturated heterocycles. The van der Waals surface area contributed by atoms with Crippen LogP contribution in [0.4, 0.5) is 0 Å². The molecule has 0 radical (unpaired) electrons. The van der Waals surface area contributed by atoms with Crippen LogP contribution in [0.3, 0.4) is 0 Å². The summed E-state index contributed by atoms with van der Waals surface area (Å²) in [6.07, 6.45) is 2.71. The summed E-state index contributed by atoms with van der Waals surface area (Å²) in [5, 5.41) is 2.94. The number of nitrogens with one attached hydrogen (secondary N) is 1. The van der Waals surface area contributed by atoms with Gasteiger partial charge in [0.25, 0.3) is 0 Å². The molecule has 0 spiro atoms. The summed E-state index contributed by atoms with van der Waals surface area (Å²) < 4.78 is 10.8. The highest BCUT2D eigenvalue weighted by Crippen LogP contribution is 2.19. The van der Waals surface area contributed by atoms with Gasteiger partial charge in [0.2, 0.25) is 11.8 Å². The monoisotopic (exact) mass is 420 g/mol. The van der Waals surface area contributed by atoms with Gasteiger partial charge in [0, 0.05) is 19.0 Å². The van der Waals surface area contributed by atoms with Gasteiger partial charge in [-0.15, -0.1) is 0 Å². The predicted molar refractivity (Wildman–Crippen MR) is 121 cm³/mol. The van der Waals surface area contributed by atoms with Crippen molar-refractivity contribution in [3.63, 3.8) is 0 Å². The molecule has 0 aromatic heterocycles. The molecule has 2 unspecified atom stereocenters. The van der Waals surface area contributed by atoms with Crippen molar-refractivity contribution in [2.45, 2.75) is 84.9 Å². The maximum atomic E-state index is 13.1. The van der Waals surface area contributed by atoms with E-state index in [-0.39, 0.29) is 29.9 Å². The highest BCUT2D eigenvalue weighted by Gasteiger charge is 2.31. The molecule has 1 heterocycles. The van der Waals surface area contributed by atoms with Crippen LogP contribution in [-0.4, -0.2) is 54.7 Å². The summed E-state index contributed by atoms with van der Waals surface area (Å²) >= 11 is 0. The molecule has 170 valence electrons. The van der Waals surface area contributed by atoms with E-state index in [4.69, 9.17) is 9.47 Å². The molecule has 1 aliphatic rings. The van der Waals surface area contributed by atoms with E-state index in [1.54, 1.807) is 7.11 Å². The topological polar surface area (TPSA) is 67.9 Å². The Labute approximate surface area is 182 Å². The highest BCUT2D eigenvalue weighted by molar-refractivity contribution is 5.88. The lowest BCUT2D eigenvalue weighted by Crippen LogP contribution is -2.50. The van der Waals surface area contributed by atoms with Gasteiger partial charge in [-0.2, -0.15) is 0 Å². The Morgan fingerprint density at radius 3 is 2.33 bits per heavy atom. The number of benzene rings is 1. The molecule has 1 N–H and O–H groups in total. The number of nitrogens with zero attached hydrogens (tertiary/aromatic N) is 1. The van der Waals surface area contributed by atoms with E-state index < -0.39 is 6.04 Å². The number of carbonyl (C=O) groups excluding carboxylic acids is 2. The number of likely N-dealkylation sites (tertiary alicyclic amines) is 1. The fraction of sp³-hybridized carbons (Fsp3) is 0.667. The van der Waals surface area contributed by atoms with Crippen LogP contribution < -0.4 is 10.1 Å². The van der Waals surface area contributed by atoms with Crippen molar-refractivity contribution in [1.29, 1.82) is 0 Å². The predicted octanol–water partition coefficient (Wildman–Crippen LogP) is 3.96. The minimum Gasteiger partial charge on any atom is -0.497 e. The number of hydrogen-bond acceptors (Lipinski definition) is 4. The molecule has 0 aliphatic carbocycles. The van der Waals surface area contributed by atoms with E-state index in [9.17, 15) is 9.59 Å². The Balaban J connectivity index is 0.00000218. The first-order valence-electron chi connectivity index (χ1n) is 11.1. The summed E-state index contributed by atoms with van der Waals surface area (Å²) in [5.41, 5.74) is 0.695. The van der Waals surface area contributed by atoms with Crippen molar-refractivity contribution in [1.82, 2.24) is 10.2 Å². The van der Waals surface area contributed by atoms with Crippen molar-refractivity contribution < 1.29 is 19.1 Å². The third-order valence-electron chi connectivity index (χ3n) is 4.93. The second-order valence-electron chi connectivity index (χ2n) is 8.41. The fourth-order valence-corrected chi connectivity index (χ4v) is 3.37. The first-order chi connectivity index (χ1) is 14.2. The van der Waals surface area contributed by atoms with Crippen LogP contribution in [0.1, 0.15) is 66.4 Å².